The van der Waals surface area contributed by atoms with E-state index in [-0.39, 0.29) is 0 Å². The summed E-state index contributed by atoms with van der Waals surface area (Å²) in [5.41, 5.74) is 0. The number of aryl methyl sites for hydroxylation is 1. The Morgan fingerprint density at radius 2 is 2.13 bits per heavy atom. The lowest BCUT2D eigenvalue weighted by Gasteiger charge is -2.32. The van der Waals surface area contributed by atoms with E-state index >= 15 is 0 Å². The van der Waals surface area contributed by atoms with Crippen molar-refractivity contribution in [3.8, 4) is 0 Å². The van der Waals surface area contributed by atoms with Crippen LogP contribution in [0.5, 0.6) is 0 Å². The number of hydrogen-bond donors (Lipinski definition) is 2. The van der Waals surface area contributed by atoms with Crippen LogP contribution >= 0.6 is 11.3 Å². The number of guanidine groups is 1. The Kier molecular flexibility index (Phi) is 7.85. The number of methoxy groups -OCH3 is 1. The van der Waals surface area contributed by atoms with Crippen LogP contribution in [0.15, 0.2) is 17.1 Å². The van der Waals surface area contributed by atoms with Gasteiger partial charge in [0.25, 0.3) is 0 Å². The van der Waals surface area contributed by atoms with Crippen LogP contribution < -0.4 is 10.6 Å². The normalized spacial score (nSPS) is 17.4. The molecule has 0 aliphatic carbocycles. The predicted octanol–water partition coefficient (Wildman–Crippen LogP) is 2.08. The van der Waals surface area contributed by atoms with Crippen LogP contribution in [-0.4, -0.2) is 57.8 Å². The summed E-state index contributed by atoms with van der Waals surface area (Å²) >= 11 is 1.83. The van der Waals surface area contributed by atoms with Crippen LogP contribution in [0.1, 0.15) is 22.6 Å². The maximum atomic E-state index is 5.15. The molecule has 0 radical (unpaired) electrons. The molecular formula is C17H30N4OS. The highest BCUT2D eigenvalue weighted by Gasteiger charge is 2.18. The van der Waals surface area contributed by atoms with Crippen LogP contribution in [0.4, 0.5) is 0 Å². The third-order valence-corrected chi connectivity index (χ3v) is 5.33. The van der Waals surface area contributed by atoms with Crippen LogP contribution in [0.2, 0.25) is 0 Å². The fraction of sp³-hybridized carbons (Fsp3) is 0.706. The molecule has 0 saturated carbocycles. The van der Waals surface area contributed by atoms with Crippen LogP contribution in [-0.2, 0) is 11.3 Å². The van der Waals surface area contributed by atoms with E-state index in [1.54, 1.807) is 7.11 Å². The summed E-state index contributed by atoms with van der Waals surface area (Å²) in [5.74, 6) is 1.63. The largest absolute Gasteiger partial charge is 0.383 e. The van der Waals surface area contributed by atoms with Crippen LogP contribution in [0.25, 0.3) is 0 Å². The van der Waals surface area contributed by atoms with Gasteiger partial charge in [-0.1, -0.05) is 0 Å². The monoisotopic (exact) mass is 338 g/mol. The molecule has 1 fully saturated rings. The lowest BCUT2D eigenvalue weighted by molar-refractivity contribution is 0.121. The SMILES string of the molecule is CN=C(NCc1ccc(C)s1)NCC1CCN(CCOC)CC1. The average molecular weight is 339 g/mol. The lowest BCUT2D eigenvalue weighted by Crippen LogP contribution is -2.43. The summed E-state index contributed by atoms with van der Waals surface area (Å²) in [6, 6.07) is 4.34. The molecule has 0 aromatic carbocycles. The molecule has 2 heterocycles. The molecule has 1 saturated heterocycles. The highest BCUT2D eigenvalue weighted by molar-refractivity contribution is 7.11. The van der Waals surface area contributed by atoms with E-state index in [0.29, 0.717) is 0 Å². The number of nitrogens with one attached hydrogen (secondary N) is 2. The van der Waals surface area contributed by atoms with Crippen molar-refractivity contribution in [3.05, 3.63) is 21.9 Å². The number of hydrogen-bond acceptors (Lipinski definition) is 4. The van der Waals surface area contributed by atoms with E-state index in [1.165, 1.54) is 35.7 Å². The van der Waals surface area contributed by atoms with Crippen molar-refractivity contribution >= 4 is 17.3 Å². The molecule has 0 bridgehead atoms. The molecule has 0 atom stereocenters. The summed E-state index contributed by atoms with van der Waals surface area (Å²) in [6.45, 7) is 8.23. The van der Waals surface area contributed by atoms with E-state index in [1.807, 2.05) is 18.4 Å². The number of thiophene rings is 1. The third-order valence-electron chi connectivity index (χ3n) is 4.33. The van der Waals surface area contributed by atoms with Crippen molar-refractivity contribution in [2.75, 3.05) is 46.9 Å². The molecule has 1 aliphatic heterocycles. The Labute approximate surface area is 144 Å². The van der Waals surface area contributed by atoms with Crippen LogP contribution in [0, 0.1) is 12.8 Å². The van der Waals surface area contributed by atoms with E-state index in [9.17, 15) is 0 Å². The standard InChI is InChI=1S/C17H30N4OS/c1-14-4-5-16(23-14)13-20-17(18-2)19-12-15-6-8-21(9-7-15)10-11-22-3/h4-5,15H,6-13H2,1-3H3,(H2,18,19,20). The minimum atomic E-state index is 0.733. The Morgan fingerprint density at radius 1 is 1.35 bits per heavy atom. The summed E-state index contributed by atoms with van der Waals surface area (Å²) in [7, 11) is 3.61. The van der Waals surface area contributed by atoms with Gasteiger partial charge < -0.3 is 20.3 Å². The Bertz CT molecular complexity index is 481. The highest BCUT2D eigenvalue weighted by atomic mass is 32.1. The van der Waals surface area contributed by atoms with Crippen molar-refractivity contribution < 1.29 is 4.74 Å². The first-order valence-corrected chi connectivity index (χ1v) is 9.24. The second-order valence-electron chi connectivity index (χ2n) is 6.10. The zero-order chi connectivity index (χ0) is 16.5. The van der Waals surface area contributed by atoms with Gasteiger partial charge in [-0.15, -0.1) is 11.3 Å². The molecule has 23 heavy (non-hydrogen) atoms. The molecule has 5 nitrogen and oxygen atoms in total. The van der Waals surface area contributed by atoms with E-state index in [4.69, 9.17) is 4.74 Å². The van der Waals surface area contributed by atoms with Gasteiger partial charge in [-0.2, -0.15) is 0 Å². The van der Waals surface area contributed by atoms with Gasteiger partial charge in [0.2, 0.25) is 0 Å². The van der Waals surface area contributed by atoms with E-state index < -0.39 is 0 Å². The van der Waals surface area contributed by atoms with E-state index in [2.05, 4.69) is 39.6 Å². The van der Waals surface area contributed by atoms with Gasteiger partial charge in [-0.05, 0) is 50.9 Å². The van der Waals surface area contributed by atoms with Gasteiger partial charge in [0.15, 0.2) is 5.96 Å². The first kappa shape index (κ1) is 18.2. The summed E-state index contributed by atoms with van der Waals surface area (Å²) in [4.78, 5) is 9.51. The van der Waals surface area contributed by atoms with Gasteiger partial charge in [-0.3, -0.25) is 4.99 Å². The number of ether oxygens (including phenoxy) is 1. The number of piperidine rings is 1. The zero-order valence-electron chi connectivity index (χ0n) is 14.6. The molecule has 1 aromatic heterocycles. The van der Waals surface area contributed by atoms with Crippen molar-refractivity contribution in [3.63, 3.8) is 0 Å². The molecular weight excluding hydrogens is 308 g/mol. The maximum Gasteiger partial charge on any atom is 0.191 e. The molecule has 1 aromatic rings. The first-order chi connectivity index (χ1) is 11.2. The summed E-state index contributed by atoms with van der Waals surface area (Å²) < 4.78 is 5.15. The van der Waals surface area contributed by atoms with Crippen molar-refractivity contribution in [2.45, 2.75) is 26.3 Å². The van der Waals surface area contributed by atoms with Crippen molar-refractivity contribution in [1.29, 1.82) is 0 Å². The topological polar surface area (TPSA) is 48.9 Å². The fourth-order valence-corrected chi connectivity index (χ4v) is 3.68. The minimum absolute atomic E-state index is 0.733. The Hall–Kier alpha value is -1.11. The summed E-state index contributed by atoms with van der Waals surface area (Å²) in [5, 5.41) is 6.87. The minimum Gasteiger partial charge on any atom is -0.383 e. The van der Waals surface area contributed by atoms with Gasteiger partial charge in [0, 0.05) is 37.0 Å². The quantitative estimate of drug-likeness (QED) is 0.590. The molecule has 0 spiro atoms. The Morgan fingerprint density at radius 3 is 2.74 bits per heavy atom. The van der Waals surface area contributed by atoms with Gasteiger partial charge in [0.05, 0.1) is 13.2 Å². The second-order valence-corrected chi connectivity index (χ2v) is 7.47. The van der Waals surface area contributed by atoms with Gasteiger partial charge in [0.1, 0.15) is 0 Å². The maximum absolute atomic E-state index is 5.15. The number of aliphatic imine (C=N–C) groups is 1. The van der Waals surface area contributed by atoms with Crippen molar-refractivity contribution in [1.82, 2.24) is 15.5 Å². The molecule has 1 aliphatic rings. The third kappa shape index (κ3) is 6.49. The van der Waals surface area contributed by atoms with Gasteiger partial charge in [-0.25, -0.2) is 0 Å². The summed E-state index contributed by atoms with van der Waals surface area (Å²) in [6.07, 6.45) is 2.50. The fourth-order valence-electron chi connectivity index (χ4n) is 2.85. The zero-order valence-corrected chi connectivity index (χ0v) is 15.4. The number of rotatable bonds is 7. The lowest BCUT2D eigenvalue weighted by atomic mass is 9.97. The second kappa shape index (κ2) is 9.90. The number of nitrogens with zero attached hydrogens (tertiary/aromatic N) is 2. The molecule has 0 amide bonds. The molecule has 130 valence electrons. The van der Waals surface area contributed by atoms with E-state index in [0.717, 1.165) is 38.1 Å². The average Bonchev–Trinajstić information content (AvgIpc) is 2.99. The van der Waals surface area contributed by atoms with Gasteiger partial charge >= 0.3 is 0 Å². The molecule has 6 heteroatoms. The highest BCUT2D eigenvalue weighted by Crippen LogP contribution is 2.16. The number of likely N-dealkylation sites (tertiary alicyclic amines) is 1. The first-order valence-electron chi connectivity index (χ1n) is 8.42. The smallest absolute Gasteiger partial charge is 0.191 e. The Balaban J connectivity index is 1.64. The molecule has 2 rings (SSSR count). The molecule has 0 unspecified atom stereocenters. The molecule has 2 N–H and O–H groups in total. The van der Waals surface area contributed by atoms with Crippen molar-refractivity contribution in [2.24, 2.45) is 10.9 Å². The predicted molar refractivity (Wildman–Crippen MR) is 98.3 cm³/mol. The van der Waals surface area contributed by atoms with Crippen LogP contribution in [0.3, 0.4) is 0 Å².